The molecule has 2 rings (SSSR count). The van der Waals surface area contributed by atoms with Crippen LogP contribution in [-0.4, -0.2) is 17.9 Å². The van der Waals surface area contributed by atoms with E-state index in [4.69, 9.17) is 7.85 Å². The molecule has 1 aromatic heterocycles. The Morgan fingerprint density at radius 2 is 1.57 bits per heavy atom. The number of aromatic hydroxyl groups is 1. The molecular weight excluding hydrogens is 281 g/mol. The number of aryl methyl sites for hydroxylation is 1. The summed E-state index contributed by atoms with van der Waals surface area (Å²) in [6, 6.07) is 7.78. The summed E-state index contributed by atoms with van der Waals surface area (Å²) in [7, 11) is 5.88. The van der Waals surface area contributed by atoms with Crippen molar-refractivity contribution in [3.8, 4) is 17.0 Å². The van der Waals surface area contributed by atoms with E-state index in [-0.39, 0.29) is 16.6 Å². The standard InChI is InChI=1S/C20H26BNO/c1-12-8-9-16(21)22-18(12)17-14(20(5,6)7)10-13(11-15(17)23)19(2,3)4/h8-11,23H,1-7H3. The van der Waals surface area contributed by atoms with E-state index in [2.05, 4.69) is 52.6 Å². The maximum Gasteiger partial charge on any atom is 0.141 e. The van der Waals surface area contributed by atoms with Gasteiger partial charge in [-0.3, -0.25) is 4.98 Å². The average Bonchev–Trinajstić information content (AvgIpc) is 2.39. The minimum Gasteiger partial charge on any atom is -0.507 e. The summed E-state index contributed by atoms with van der Waals surface area (Å²) < 4.78 is 0. The van der Waals surface area contributed by atoms with E-state index in [1.807, 2.05) is 19.1 Å². The van der Waals surface area contributed by atoms with Crippen molar-refractivity contribution < 1.29 is 5.11 Å². The highest BCUT2D eigenvalue weighted by atomic mass is 16.3. The lowest BCUT2D eigenvalue weighted by atomic mass is 9.77. The molecule has 0 unspecified atom stereocenters. The van der Waals surface area contributed by atoms with Crippen LogP contribution in [0.2, 0.25) is 0 Å². The Kier molecular flexibility index (Phi) is 4.36. The molecular formula is C20H26BNO. The summed E-state index contributed by atoms with van der Waals surface area (Å²) in [4.78, 5) is 4.49. The fourth-order valence-corrected chi connectivity index (χ4v) is 2.70. The molecule has 0 fully saturated rings. The highest BCUT2D eigenvalue weighted by Crippen LogP contribution is 2.42. The molecule has 23 heavy (non-hydrogen) atoms. The van der Waals surface area contributed by atoms with Gasteiger partial charge in [0.1, 0.15) is 13.6 Å². The van der Waals surface area contributed by atoms with Crippen LogP contribution in [0, 0.1) is 6.92 Å². The van der Waals surface area contributed by atoms with Crippen LogP contribution in [-0.2, 0) is 10.8 Å². The Hall–Kier alpha value is -1.77. The number of pyridine rings is 1. The number of hydrogen-bond donors (Lipinski definition) is 1. The molecule has 120 valence electrons. The fraction of sp³-hybridized carbons (Fsp3) is 0.450. The summed E-state index contributed by atoms with van der Waals surface area (Å²) in [5.41, 5.74) is 5.06. The molecule has 2 aromatic rings. The first-order valence-corrected chi connectivity index (χ1v) is 8.02. The zero-order valence-electron chi connectivity index (χ0n) is 15.3. The fourth-order valence-electron chi connectivity index (χ4n) is 2.70. The Morgan fingerprint density at radius 3 is 2.09 bits per heavy atom. The van der Waals surface area contributed by atoms with Gasteiger partial charge in [-0.2, -0.15) is 0 Å². The second-order valence-corrected chi connectivity index (χ2v) is 8.32. The van der Waals surface area contributed by atoms with E-state index in [1.54, 1.807) is 6.07 Å². The van der Waals surface area contributed by atoms with Gasteiger partial charge in [-0.1, -0.05) is 59.7 Å². The van der Waals surface area contributed by atoms with Gasteiger partial charge >= 0.3 is 0 Å². The maximum atomic E-state index is 10.8. The van der Waals surface area contributed by atoms with Gasteiger partial charge in [-0.25, -0.2) is 0 Å². The van der Waals surface area contributed by atoms with E-state index in [0.717, 1.165) is 27.9 Å². The first kappa shape index (κ1) is 17.6. The number of nitrogens with zero attached hydrogens (tertiary/aromatic N) is 1. The van der Waals surface area contributed by atoms with Crippen LogP contribution in [0.4, 0.5) is 0 Å². The van der Waals surface area contributed by atoms with Crippen molar-refractivity contribution in [2.24, 2.45) is 0 Å². The van der Waals surface area contributed by atoms with Crippen molar-refractivity contribution >= 4 is 13.4 Å². The van der Waals surface area contributed by atoms with Crippen molar-refractivity contribution in [2.45, 2.75) is 59.3 Å². The number of phenols is 1. The third-order valence-electron chi connectivity index (χ3n) is 4.15. The number of phenolic OH excluding ortho intramolecular Hbond substituents is 1. The minimum absolute atomic E-state index is 0.0335. The molecule has 0 aliphatic heterocycles. The molecule has 0 aliphatic rings. The zero-order chi connectivity index (χ0) is 17.6. The minimum atomic E-state index is -0.118. The molecule has 0 bridgehead atoms. The Labute approximate surface area is 141 Å². The van der Waals surface area contributed by atoms with Crippen LogP contribution in [0.25, 0.3) is 11.3 Å². The van der Waals surface area contributed by atoms with Gasteiger partial charge in [0.25, 0.3) is 0 Å². The Balaban J connectivity index is 2.85. The van der Waals surface area contributed by atoms with Crippen LogP contribution < -0.4 is 5.59 Å². The molecule has 0 saturated carbocycles. The van der Waals surface area contributed by atoms with Crippen molar-refractivity contribution in [1.82, 2.24) is 4.98 Å². The lowest BCUT2D eigenvalue weighted by molar-refractivity contribution is 0.468. The molecule has 2 nitrogen and oxygen atoms in total. The van der Waals surface area contributed by atoms with Crippen LogP contribution >= 0.6 is 0 Å². The molecule has 1 aromatic carbocycles. The maximum absolute atomic E-state index is 10.8. The molecule has 1 N–H and O–H groups in total. The van der Waals surface area contributed by atoms with Gasteiger partial charge < -0.3 is 5.11 Å². The molecule has 0 atom stereocenters. The first-order chi connectivity index (χ1) is 10.4. The van der Waals surface area contributed by atoms with Gasteiger partial charge in [0, 0.05) is 5.56 Å². The average molecular weight is 307 g/mol. The zero-order valence-corrected chi connectivity index (χ0v) is 15.3. The summed E-state index contributed by atoms with van der Waals surface area (Å²) >= 11 is 0. The normalized spacial score (nSPS) is 12.5. The topological polar surface area (TPSA) is 33.1 Å². The van der Waals surface area contributed by atoms with E-state index < -0.39 is 0 Å². The van der Waals surface area contributed by atoms with Gasteiger partial charge in [-0.15, -0.1) is 0 Å². The van der Waals surface area contributed by atoms with E-state index in [1.165, 1.54) is 0 Å². The summed E-state index contributed by atoms with van der Waals surface area (Å²) in [6.45, 7) is 14.9. The SMILES string of the molecule is [B]c1ccc(C)c(-c2c(O)cc(C(C)(C)C)cc2C(C)(C)C)n1. The van der Waals surface area contributed by atoms with Crippen LogP contribution in [0.5, 0.6) is 5.75 Å². The van der Waals surface area contributed by atoms with Crippen molar-refractivity contribution in [3.05, 3.63) is 41.0 Å². The summed E-state index contributed by atoms with van der Waals surface area (Å²) in [6.07, 6.45) is 0. The number of benzene rings is 1. The second kappa shape index (κ2) is 5.70. The van der Waals surface area contributed by atoms with Crippen molar-refractivity contribution in [1.29, 1.82) is 0 Å². The highest BCUT2D eigenvalue weighted by Gasteiger charge is 2.26. The Bertz CT molecular complexity index is 737. The quantitative estimate of drug-likeness (QED) is 0.803. The lowest BCUT2D eigenvalue weighted by Crippen LogP contribution is -2.19. The van der Waals surface area contributed by atoms with E-state index in [0.29, 0.717) is 5.59 Å². The third kappa shape index (κ3) is 3.60. The number of aromatic nitrogens is 1. The Morgan fingerprint density at radius 1 is 0.957 bits per heavy atom. The summed E-state index contributed by atoms with van der Waals surface area (Å²) in [5.74, 6) is 0.267. The molecule has 0 spiro atoms. The number of hydrogen-bond acceptors (Lipinski definition) is 2. The largest absolute Gasteiger partial charge is 0.507 e. The highest BCUT2D eigenvalue weighted by molar-refractivity contribution is 6.30. The lowest BCUT2D eigenvalue weighted by Gasteiger charge is -2.28. The summed E-state index contributed by atoms with van der Waals surface area (Å²) in [5, 5.41) is 10.8. The second-order valence-electron chi connectivity index (χ2n) is 8.32. The van der Waals surface area contributed by atoms with Crippen molar-refractivity contribution in [3.63, 3.8) is 0 Å². The number of rotatable bonds is 1. The molecule has 3 heteroatoms. The predicted molar refractivity (Wildman–Crippen MR) is 98.9 cm³/mol. The van der Waals surface area contributed by atoms with Gasteiger partial charge in [0.2, 0.25) is 0 Å². The monoisotopic (exact) mass is 307 g/mol. The van der Waals surface area contributed by atoms with E-state index >= 15 is 0 Å². The molecule has 2 radical (unpaired) electrons. The van der Waals surface area contributed by atoms with Crippen LogP contribution in [0.15, 0.2) is 24.3 Å². The van der Waals surface area contributed by atoms with Crippen molar-refractivity contribution in [2.75, 3.05) is 0 Å². The smallest absolute Gasteiger partial charge is 0.141 e. The molecule has 0 aliphatic carbocycles. The molecule has 0 amide bonds. The predicted octanol–water partition coefficient (Wildman–Crippen LogP) is 4.15. The first-order valence-electron chi connectivity index (χ1n) is 8.02. The van der Waals surface area contributed by atoms with Gasteiger partial charge in [0.15, 0.2) is 0 Å². The third-order valence-corrected chi connectivity index (χ3v) is 4.15. The van der Waals surface area contributed by atoms with Gasteiger partial charge in [-0.05, 0) is 46.1 Å². The van der Waals surface area contributed by atoms with Crippen LogP contribution in [0.1, 0.15) is 58.2 Å². The molecule has 1 heterocycles. The van der Waals surface area contributed by atoms with Gasteiger partial charge in [0.05, 0.1) is 5.69 Å². The van der Waals surface area contributed by atoms with E-state index in [9.17, 15) is 5.11 Å². The molecule has 0 saturated heterocycles. The van der Waals surface area contributed by atoms with Crippen LogP contribution in [0.3, 0.4) is 0 Å².